The number of imide groups is 1. The van der Waals surface area contributed by atoms with Crippen LogP contribution < -0.4 is 0 Å². The topological polar surface area (TPSA) is 103 Å². The highest BCUT2D eigenvalue weighted by molar-refractivity contribution is 6.20. The number of carbonyl (C=O) groups is 3. The lowest BCUT2D eigenvalue weighted by molar-refractivity contribution is -0.168. The Kier molecular flexibility index (Phi) is 3.88. The van der Waals surface area contributed by atoms with Crippen molar-refractivity contribution in [3.8, 4) is 0 Å². The molecule has 2 amide bonds. The lowest BCUT2D eigenvalue weighted by Gasteiger charge is -2.12. The molecule has 0 radical (unpaired) electrons. The first-order valence-electron chi connectivity index (χ1n) is 7.04. The van der Waals surface area contributed by atoms with Crippen LogP contribution in [0.1, 0.15) is 45.3 Å². The van der Waals surface area contributed by atoms with Gasteiger partial charge in [0.25, 0.3) is 11.8 Å². The number of hydroxylamine groups is 2. The van der Waals surface area contributed by atoms with Gasteiger partial charge in [-0.05, 0) is 25.5 Å². The van der Waals surface area contributed by atoms with Gasteiger partial charge in [0.1, 0.15) is 0 Å². The summed E-state index contributed by atoms with van der Waals surface area (Å²) < 4.78 is 4.92. The highest BCUT2D eigenvalue weighted by Gasteiger charge is 2.38. The van der Waals surface area contributed by atoms with Crippen LogP contribution in [0.2, 0.25) is 0 Å². The zero-order chi connectivity index (χ0) is 16.4. The van der Waals surface area contributed by atoms with E-state index >= 15 is 0 Å². The van der Waals surface area contributed by atoms with Crippen molar-refractivity contribution in [1.82, 2.24) is 15.2 Å². The quantitative estimate of drug-likeness (QED) is 0.769. The number of benzene rings is 1. The second kappa shape index (κ2) is 5.99. The molecule has 2 heterocycles. The van der Waals surface area contributed by atoms with Gasteiger partial charge < -0.3 is 9.36 Å². The second-order valence-corrected chi connectivity index (χ2v) is 5.00. The average Bonchev–Trinajstić information content (AvgIpc) is 3.05. The number of amides is 2. The highest BCUT2D eigenvalue weighted by atomic mass is 16.7. The maximum absolute atomic E-state index is 12.0. The predicted molar refractivity (Wildman–Crippen MR) is 75.0 cm³/mol. The van der Waals surface area contributed by atoms with Crippen LogP contribution in [0.15, 0.2) is 28.8 Å². The first-order valence-corrected chi connectivity index (χ1v) is 7.04. The minimum absolute atomic E-state index is 0.0227. The summed E-state index contributed by atoms with van der Waals surface area (Å²) in [5.41, 5.74) is 0.457. The summed E-state index contributed by atoms with van der Waals surface area (Å²) in [6.45, 7) is 1.70. The third-order valence-corrected chi connectivity index (χ3v) is 3.29. The van der Waals surface area contributed by atoms with E-state index in [0.29, 0.717) is 29.6 Å². The Labute approximate surface area is 131 Å². The number of hydrogen-bond donors (Lipinski definition) is 0. The summed E-state index contributed by atoms with van der Waals surface area (Å²) in [5.74, 6) is -0.988. The molecule has 0 unspecified atom stereocenters. The molecule has 3 rings (SSSR count). The van der Waals surface area contributed by atoms with Crippen LogP contribution in [0.5, 0.6) is 0 Å². The molecule has 0 saturated carbocycles. The molecule has 0 saturated heterocycles. The molecule has 1 aliphatic heterocycles. The molecule has 0 spiro atoms. The van der Waals surface area contributed by atoms with E-state index in [1.807, 2.05) is 0 Å². The highest BCUT2D eigenvalue weighted by Crippen LogP contribution is 2.22. The van der Waals surface area contributed by atoms with Gasteiger partial charge in [-0.1, -0.05) is 22.4 Å². The van der Waals surface area contributed by atoms with Crippen molar-refractivity contribution in [2.75, 3.05) is 0 Å². The molecule has 1 aromatic heterocycles. The number of rotatable bonds is 5. The van der Waals surface area contributed by atoms with E-state index in [2.05, 4.69) is 10.1 Å². The molecule has 118 valence electrons. The van der Waals surface area contributed by atoms with Crippen molar-refractivity contribution in [2.24, 2.45) is 0 Å². The molecule has 8 heteroatoms. The maximum atomic E-state index is 12.0. The summed E-state index contributed by atoms with van der Waals surface area (Å²) >= 11 is 0. The zero-order valence-corrected chi connectivity index (χ0v) is 12.3. The fraction of sp³-hybridized carbons (Fsp3) is 0.267. The number of fused-ring (bicyclic) bond motifs is 1. The van der Waals surface area contributed by atoms with Gasteiger partial charge in [-0.25, -0.2) is 4.79 Å². The van der Waals surface area contributed by atoms with Gasteiger partial charge in [0.15, 0.2) is 5.82 Å². The number of carbonyl (C=O) groups excluding carboxylic acids is 3. The van der Waals surface area contributed by atoms with Gasteiger partial charge in [0.05, 0.1) is 11.1 Å². The predicted octanol–water partition coefficient (Wildman–Crippen LogP) is 1.46. The summed E-state index contributed by atoms with van der Waals surface area (Å²) in [6.07, 6.45) is 0.844. The van der Waals surface area contributed by atoms with Gasteiger partial charge in [0.2, 0.25) is 5.89 Å². The molecule has 8 nitrogen and oxygen atoms in total. The van der Waals surface area contributed by atoms with E-state index in [0.717, 1.165) is 0 Å². The Morgan fingerprint density at radius 1 is 1.22 bits per heavy atom. The summed E-state index contributed by atoms with van der Waals surface area (Å²) in [7, 11) is 0. The first-order chi connectivity index (χ1) is 11.1. The molecule has 0 atom stereocenters. The van der Waals surface area contributed by atoms with Crippen LogP contribution in [0, 0.1) is 6.92 Å². The lowest BCUT2D eigenvalue weighted by Crippen LogP contribution is -2.32. The number of nitrogens with zero attached hydrogens (tertiary/aromatic N) is 3. The minimum atomic E-state index is -0.671. The van der Waals surface area contributed by atoms with E-state index < -0.39 is 17.8 Å². The smallest absolute Gasteiger partial charge is 0.333 e. The van der Waals surface area contributed by atoms with Crippen molar-refractivity contribution >= 4 is 17.8 Å². The monoisotopic (exact) mass is 315 g/mol. The fourth-order valence-electron chi connectivity index (χ4n) is 2.22. The lowest BCUT2D eigenvalue weighted by atomic mass is 10.1. The molecule has 0 aliphatic carbocycles. The first kappa shape index (κ1) is 14.9. The van der Waals surface area contributed by atoms with Gasteiger partial charge in [-0.2, -0.15) is 4.98 Å². The van der Waals surface area contributed by atoms with E-state index in [9.17, 15) is 14.4 Å². The van der Waals surface area contributed by atoms with Crippen molar-refractivity contribution < 1.29 is 23.7 Å². The summed E-state index contributed by atoms with van der Waals surface area (Å²) in [5, 5.41) is 4.14. The van der Waals surface area contributed by atoms with E-state index in [-0.39, 0.29) is 17.5 Å². The van der Waals surface area contributed by atoms with Gasteiger partial charge in [-0.3, -0.25) is 9.59 Å². The Bertz CT molecular complexity index is 748. The molecule has 2 aromatic rings. The van der Waals surface area contributed by atoms with Gasteiger partial charge in [0, 0.05) is 12.8 Å². The fourth-order valence-corrected chi connectivity index (χ4v) is 2.22. The van der Waals surface area contributed by atoms with E-state index in [1.54, 1.807) is 19.1 Å². The van der Waals surface area contributed by atoms with Gasteiger partial charge >= 0.3 is 5.97 Å². The van der Waals surface area contributed by atoms with Crippen molar-refractivity contribution in [3.05, 3.63) is 47.1 Å². The standard InChI is InChI=1S/C15H13N3O5/c1-9-16-12(22-17-9)7-4-8-13(19)23-18-14(20)10-5-2-3-6-11(10)15(18)21/h2-3,5-6H,4,7-8H2,1H3. The van der Waals surface area contributed by atoms with E-state index in [1.165, 1.54) is 12.1 Å². The third kappa shape index (κ3) is 2.96. The zero-order valence-electron chi connectivity index (χ0n) is 12.3. The molecule has 1 aromatic carbocycles. The number of aromatic nitrogens is 2. The van der Waals surface area contributed by atoms with Crippen LogP contribution >= 0.6 is 0 Å². The van der Waals surface area contributed by atoms with Crippen LogP contribution in [0.25, 0.3) is 0 Å². The minimum Gasteiger partial charge on any atom is -0.339 e. The number of aryl methyl sites for hydroxylation is 2. The molecule has 0 bridgehead atoms. The van der Waals surface area contributed by atoms with Crippen LogP contribution in [0.4, 0.5) is 0 Å². The van der Waals surface area contributed by atoms with Crippen LogP contribution in [0.3, 0.4) is 0 Å². The van der Waals surface area contributed by atoms with Crippen molar-refractivity contribution in [3.63, 3.8) is 0 Å². The normalized spacial score (nSPS) is 13.3. The Balaban J connectivity index is 1.54. The Morgan fingerprint density at radius 2 is 1.87 bits per heavy atom. The largest absolute Gasteiger partial charge is 0.339 e. The van der Waals surface area contributed by atoms with Crippen molar-refractivity contribution in [1.29, 1.82) is 0 Å². The van der Waals surface area contributed by atoms with Crippen LogP contribution in [-0.2, 0) is 16.1 Å². The van der Waals surface area contributed by atoms with Gasteiger partial charge in [-0.15, -0.1) is 0 Å². The van der Waals surface area contributed by atoms with E-state index in [4.69, 9.17) is 9.36 Å². The number of hydrogen-bond acceptors (Lipinski definition) is 7. The summed E-state index contributed by atoms with van der Waals surface area (Å²) in [4.78, 5) is 44.8. The Hall–Kier alpha value is -3.03. The molecular weight excluding hydrogens is 302 g/mol. The molecule has 1 aliphatic rings. The maximum Gasteiger partial charge on any atom is 0.333 e. The summed E-state index contributed by atoms with van der Waals surface area (Å²) in [6, 6.07) is 6.31. The van der Waals surface area contributed by atoms with Crippen LogP contribution in [-0.4, -0.2) is 33.0 Å². The average molecular weight is 315 g/mol. The SMILES string of the molecule is Cc1noc(CCCC(=O)ON2C(=O)c3ccccc3C2=O)n1. The molecule has 23 heavy (non-hydrogen) atoms. The Morgan fingerprint density at radius 3 is 2.43 bits per heavy atom. The molecular formula is C15H13N3O5. The van der Waals surface area contributed by atoms with Crippen molar-refractivity contribution in [2.45, 2.75) is 26.2 Å². The molecule has 0 fully saturated rings. The second-order valence-electron chi connectivity index (χ2n) is 5.00. The third-order valence-electron chi connectivity index (χ3n) is 3.29. The molecule has 0 N–H and O–H groups in total.